The van der Waals surface area contributed by atoms with Crippen LogP contribution in [-0.2, 0) is 18.1 Å². The standard InChI is InChI=1S/C15H17FN6S/c1-3-21-7-6-17-14(21)9-23-10-15-18-19-20-22(15)13-8-11(2)4-5-12(13)16/h4-8H,3,9-10H2,1-2H3. The summed E-state index contributed by atoms with van der Waals surface area (Å²) in [6, 6.07) is 4.90. The molecule has 0 bridgehead atoms. The fourth-order valence-corrected chi connectivity index (χ4v) is 3.16. The van der Waals surface area contributed by atoms with Gasteiger partial charge in [-0.15, -0.1) is 16.9 Å². The molecule has 0 atom stereocenters. The van der Waals surface area contributed by atoms with Crippen LogP contribution in [0.4, 0.5) is 4.39 Å². The molecule has 0 unspecified atom stereocenters. The first kappa shape index (κ1) is 15.7. The number of hydrogen-bond donors (Lipinski definition) is 0. The maximum Gasteiger partial charge on any atom is 0.166 e. The normalized spacial score (nSPS) is 11.1. The zero-order valence-corrected chi connectivity index (χ0v) is 13.8. The van der Waals surface area contributed by atoms with Crippen molar-refractivity contribution in [2.24, 2.45) is 0 Å². The van der Waals surface area contributed by atoms with Crippen LogP contribution in [0.2, 0.25) is 0 Å². The van der Waals surface area contributed by atoms with E-state index in [4.69, 9.17) is 0 Å². The molecule has 0 saturated carbocycles. The van der Waals surface area contributed by atoms with Gasteiger partial charge in [-0.2, -0.15) is 4.68 Å². The van der Waals surface area contributed by atoms with Crippen LogP contribution < -0.4 is 0 Å². The molecule has 23 heavy (non-hydrogen) atoms. The summed E-state index contributed by atoms with van der Waals surface area (Å²) in [5.41, 5.74) is 1.33. The van der Waals surface area contributed by atoms with Gasteiger partial charge in [0.25, 0.3) is 0 Å². The molecule has 0 radical (unpaired) electrons. The SMILES string of the molecule is CCn1ccnc1CSCc1nnnn1-c1cc(C)ccc1F. The zero-order chi connectivity index (χ0) is 16.2. The van der Waals surface area contributed by atoms with E-state index in [-0.39, 0.29) is 5.82 Å². The molecule has 0 aliphatic heterocycles. The van der Waals surface area contributed by atoms with Crippen molar-refractivity contribution in [3.63, 3.8) is 0 Å². The number of rotatable bonds is 6. The minimum atomic E-state index is -0.337. The Balaban J connectivity index is 1.73. The van der Waals surface area contributed by atoms with Gasteiger partial charge in [-0.3, -0.25) is 0 Å². The molecular weight excluding hydrogens is 315 g/mol. The Kier molecular flexibility index (Phi) is 4.71. The Morgan fingerprint density at radius 1 is 1.22 bits per heavy atom. The van der Waals surface area contributed by atoms with E-state index in [1.54, 1.807) is 30.1 Å². The van der Waals surface area contributed by atoms with Crippen molar-refractivity contribution in [1.82, 2.24) is 29.8 Å². The first-order valence-corrected chi connectivity index (χ1v) is 8.46. The van der Waals surface area contributed by atoms with E-state index in [1.165, 1.54) is 10.7 Å². The van der Waals surface area contributed by atoms with Crippen molar-refractivity contribution in [2.75, 3.05) is 0 Å². The quantitative estimate of drug-likeness (QED) is 0.694. The highest BCUT2D eigenvalue weighted by Crippen LogP contribution is 2.19. The third-order valence-electron chi connectivity index (χ3n) is 3.47. The summed E-state index contributed by atoms with van der Waals surface area (Å²) in [6.07, 6.45) is 3.76. The van der Waals surface area contributed by atoms with Gasteiger partial charge in [0, 0.05) is 18.9 Å². The number of tetrazole rings is 1. The number of halogens is 1. The predicted octanol–water partition coefficient (Wildman–Crippen LogP) is 2.76. The van der Waals surface area contributed by atoms with Gasteiger partial charge < -0.3 is 4.57 Å². The number of nitrogens with zero attached hydrogens (tertiary/aromatic N) is 6. The van der Waals surface area contributed by atoms with Gasteiger partial charge in [0.1, 0.15) is 17.3 Å². The lowest BCUT2D eigenvalue weighted by Gasteiger charge is -2.07. The summed E-state index contributed by atoms with van der Waals surface area (Å²) in [4.78, 5) is 4.34. The molecule has 0 aliphatic carbocycles. The van der Waals surface area contributed by atoms with E-state index in [0.717, 1.165) is 23.7 Å². The lowest BCUT2D eigenvalue weighted by atomic mass is 10.2. The van der Waals surface area contributed by atoms with Crippen molar-refractivity contribution in [3.8, 4) is 5.69 Å². The van der Waals surface area contributed by atoms with E-state index in [0.29, 0.717) is 17.3 Å². The molecule has 8 heteroatoms. The lowest BCUT2D eigenvalue weighted by Crippen LogP contribution is -2.05. The van der Waals surface area contributed by atoms with Gasteiger partial charge in [0.2, 0.25) is 0 Å². The molecule has 0 N–H and O–H groups in total. The molecule has 2 aromatic heterocycles. The summed E-state index contributed by atoms with van der Waals surface area (Å²) >= 11 is 1.65. The Morgan fingerprint density at radius 2 is 2.04 bits per heavy atom. The molecule has 3 rings (SSSR count). The fourth-order valence-electron chi connectivity index (χ4n) is 2.27. The second-order valence-electron chi connectivity index (χ2n) is 5.08. The summed E-state index contributed by atoms with van der Waals surface area (Å²) in [5.74, 6) is 2.63. The van der Waals surface area contributed by atoms with Crippen LogP contribution in [0.15, 0.2) is 30.6 Å². The van der Waals surface area contributed by atoms with Gasteiger partial charge in [0.05, 0.1) is 11.5 Å². The van der Waals surface area contributed by atoms with Crippen LogP contribution in [0.3, 0.4) is 0 Å². The molecular formula is C15H17FN6S. The number of thioether (sulfide) groups is 1. The molecule has 6 nitrogen and oxygen atoms in total. The van der Waals surface area contributed by atoms with Gasteiger partial charge >= 0.3 is 0 Å². The number of aryl methyl sites for hydroxylation is 2. The molecule has 0 saturated heterocycles. The van der Waals surface area contributed by atoms with Gasteiger partial charge in [-0.25, -0.2) is 9.37 Å². The van der Waals surface area contributed by atoms with Crippen LogP contribution in [0.5, 0.6) is 0 Å². The summed E-state index contributed by atoms with van der Waals surface area (Å²) in [5, 5.41) is 11.6. The number of benzene rings is 1. The molecule has 2 heterocycles. The van der Waals surface area contributed by atoms with Crippen molar-refractivity contribution in [3.05, 3.63) is 53.6 Å². The van der Waals surface area contributed by atoms with E-state index in [1.807, 2.05) is 13.1 Å². The average Bonchev–Trinajstić information content (AvgIpc) is 3.19. The van der Waals surface area contributed by atoms with Crippen molar-refractivity contribution >= 4 is 11.8 Å². The summed E-state index contributed by atoms with van der Waals surface area (Å²) in [7, 11) is 0. The Labute approximate surface area is 137 Å². The van der Waals surface area contributed by atoms with Crippen molar-refractivity contribution < 1.29 is 4.39 Å². The van der Waals surface area contributed by atoms with Crippen LogP contribution in [0.25, 0.3) is 5.69 Å². The third-order valence-corrected chi connectivity index (χ3v) is 4.39. The molecule has 3 aromatic rings. The number of hydrogen-bond acceptors (Lipinski definition) is 5. The number of imidazole rings is 1. The third kappa shape index (κ3) is 3.42. The van der Waals surface area contributed by atoms with E-state index in [9.17, 15) is 4.39 Å². The molecule has 0 fully saturated rings. The van der Waals surface area contributed by atoms with Gasteiger partial charge in [0.15, 0.2) is 5.82 Å². The van der Waals surface area contributed by atoms with Crippen LogP contribution in [-0.4, -0.2) is 29.8 Å². The number of aromatic nitrogens is 6. The molecule has 0 spiro atoms. The van der Waals surface area contributed by atoms with Crippen LogP contribution in [0.1, 0.15) is 24.1 Å². The molecule has 120 valence electrons. The second-order valence-corrected chi connectivity index (χ2v) is 6.07. The monoisotopic (exact) mass is 332 g/mol. The summed E-state index contributed by atoms with van der Waals surface area (Å²) < 4.78 is 17.6. The van der Waals surface area contributed by atoms with Crippen LogP contribution in [0, 0.1) is 12.7 Å². The average molecular weight is 332 g/mol. The maximum atomic E-state index is 14.0. The minimum absolute atomic E-state index is 0.337. The van der Waals surface area contributed by atoms with Crippen molar-refractivity contribution in [1.29, 1.82) is 0 Å². The Bertz CT molecular complexity index is 797. The van der Waals surface area contributed by atoms with Crippen LogP contribution >= 0.6 is 11.8 Å². The maximum absolute atomic E-state index is 14.0. The Hall–Kier alpha value is -2.22. The van der Waals surface area contributed by atoms with Crippen molar-refractivity contribution in [2.45, 2.75) is 31.9 Å². The first-order chi connectivity index (χ1) is 11.2. The largest absolute Gasteiger partial charge is 0.335 e. The molecule has 1 aromatic carbocycles. The minimum Gasteiger partial charge on any atom is -0.335 e. The van der Waals surface area contributed by atoms with Gasteiger partial charge in [-0.05, 0) is 42.0 Å². The fraction of sp³-hybridized carbons (Fsp3) is 0.333. The van der Waals surface area contributed by atoms with Gasteiger partial charge in [-0.1, -0.05) is 6.07 Å². The van der Waals surface area contributed by atoms with E-state index in [2.05, 4.69) is 32.0 Å². The molecule has 0 aliphatic rings. The van der Waals surface area contributed by atoms with E-state index < -0.39 is 0 Å². The Morgan fingerprint density at radius 3 is 2.87 bits per heavy atom. The van der Waals surface area contributed by atoms with E-state index >= 15 is 0 Å². The smallest absolute Gasteiger partial charge is 0.166 e. The lowest BCUT2D eigenvalue weighted by molar-refractivity contribution is 0.603. The highest BCUT2D eigenvalue weighted by Gasteiger charge is 2.13. The first-order valence-electron chi connectivity index (χ1n) is 7.30. The summed E-state index contributed by atoms with van der Waals surface area (Å²) in [6.45, 7) is 4.88. The zero-order valence-electron chi connectivity index (χ0n) is 13.0. The highest BCUT2D eigenvalue weighted by molar-refractivity contribution is 7.97. The molecule has 0 amide bonds. The predicted molar refractivity (Wildman–Crippen MR) is 86.7 cm³/mol. The highest BCUT2D eigenvalue weighted by atomic mass is 32.2. The second kappa shape index (κ2) is 6.91. The topological polar surface area (TPSA) is 61.4 Å².